The molecular weight excluding hydrogens is 372 g/mol. The summed E-state index contributed by atoms with van der Waals surface area (Å²) >= 11 is 0. The molecule has 0 bridgehead atoms. The first kappa shape index (κ1) is 24.1. The average Bonchev–Trinajstić information content (AvgIpc) is 2.63. The van der Waals surface area contributed by atoms with Gasteiger partial charge in [0.25, 0.3) is 0 Å². The minimum atomic E-state index is -1.45. The average molecular weight is 400 g/mol. The summed E-state index contributed by atoms with van der Waals surface area (Å²) in [7, 11) is 0. The summed E-state index contributed by atoms with van der Waals surface area (Å²) in [5.41, 5.74) is 5.26. The molecule has 0 aromatic rings. The van der Waals surface area contributed by atoms with Crippen LogP contribution >= 0.6 is 0 Å². The van der Waals surface area contributed by atoms with Crippen molar-refractivity contribution in [1.29, 1.82) is 0 Å². The van der Waals surface area contributed by atoms with Crippen LogP contribution in [0.5, 0.6) is 0 Å². The number of carbonyl (C=O) groups is 1. The van der Waals surface area contributed by atoms with Crippen LogP contribution in [0.3, 0.4) is 0 Å². The molecule has 2 unspecified atom stereocenters. The maximum Gasteiger partial charge on any atom is 0.217 e. The maximum absolute atomic E-state index is 10.7. The van der Waals surface area contributed by atoms with Gasteiger partial charge >= 0.3 is 0 Å². The molecule has 10 atom stereocenters. The third-order valence-electron chi connectivity index (χ3n) is 4.22. The molecular formula is C14H28N2O11. The van der Waals surface area contributed by atoms with E-state index < -0.39 is 80.4 Å². The van der Waals surface area contributed by atoms with Crippen LogP contribution < -0.4 is 11.1 Å². The molecule has 11 N–H and O–H groups in total. The first-order valence-electron chi connectivity index (χ1n) is 8.18. The fraction of sp³-hybridized carbons (Fsp3) is 0.929. The lowest BCUT2D eigenvalue weighted by Crippen LogP contribution is -2.63. The van der Waals surface area contributed by atoms with Crippen LogP contribution in [-0.4, -0.2) is 121 Å². The zero-order valence-corrected chi connectivity index (χ0v) is 14.6. The summed E-state index contributed by atoms with van der Waals surface area (Å²) < 4.78 is 9.51. The van der Waals surface area contributed by atoms with E-state index in [2.05, 4.69) is 5.32 Å². The van der Waals surface area contributed by atoms with E-state index in [1.54, 1.807) is 0 Å². The van der Waals surface area contributed by atoms with Gasteiger partial charge in [-0.25, -0.2) is 0 Å². The molecule has 2 heterocycles. The summed E-state index contributed by atoms with van der Waals surface area (Å²) in [6, 6.07) is -2.14. The molecule has 0 saturated carbocycles. The number of nitrogens with two attached hydrogens (primary N) is 1. The van der Waals surface area contributed by atoms with E-state index in [9.17, 15) is 30.3 Å². The van der Waals surface area contributed by atoms with Crippen molar-refractivity contribution in [2.45, 2.75) is 68.2 Å². The molecule has 2 aliphatic rings. The number of nitrogens with one attached hydrogen (secondary N) is 1. The molecule has 13 nitrogen and oxygen atoms in total. The Morgan fingerprint density at radius 2 is 1.30 bits per heavy atom. The van der Waals surface area contributed by atoms with Gasteiger partial charge in [0.1, 0.15) is 42.7 Å². The molecule has 27 heavy (non-hydrogen) atoms. The van der Waals surface area contributed by atoms with Gasteiger partial charge in [0, 0.05) is 6.92 Å². The number of aliphatic hydroxyl groups is 8. The molecule has 2 rings (SSSR count). The minimum absolute atomic E-state index is 0.462. The second-order valence-corrected chi connectivity index (χ2v) is 6.26. The number of amides is 1. The predicted molar refractivity (Wildman–Crippen MR) is 85.5 cm³/mol. The summed E-state index contributed by atoms with van der Waals surface area (Å²) in [6.45, 7) is 0.216. The van der Waals surface area contributed by atoms with Crippen LogP contribution in [0, 0.1) is 0 Å². The van der Waals surface area contributed by atoms with Crippen molar-refractivity contribution >= 4 is 5.91 Å². The second-order valence-electron chi connectivity index (χ2n) is 6.26. The molecule has 0 aliphatic carbocycles. The molecule has 0 spiro atoms. The van der Waals surface area contributed by atoms with E-state index in [0.717, 1.165) is 0 Å². The molecule has 13 heteroatoms. The van der Waals surface area contributed by atoms with Crippen molar-refractivity contribution in [3.63, 3.8) is 0 Å². The zero-order chi connectivity index (χ0) is 20.9. The van der Waals surface area contributed by atoms with Crippen molar-refractivity contribution < 1.29 is 55.1 Å². The standard InChI is InChI=1S/C8H15NO6.C6H13NO5/c1-3(11)9-5-7(13)6(12)4(2-10)15-8(5)14;7-3-5(10)4(9)2(1-8)12-6(3)11/h4-8,10,12-14H,2H2,1H3,(H,9,11);2-6,8-11H,1,7H2/t4-,5-,6-,7-,8?;2-,3-,4-,5-,6?/m11/s1. The second kappa shape index (κ2) is 10.5. The maximum atomic E-state index is 10.7. The van der Waals surface area contributed by atoms with Gasteiger partial charge in [-0.3, -0.25) is 4.79 Å². The lowest BCUT2D eigenvalue weighted by atomic mass is 9.97. The number of ether oxygens (including phenoxy) is 2. The fourth-order valence-corrected chi connectivity index (χ4v) is 2.61. The Hall–Kier alpha value is -0.970. The van der Waals surface area contributed by atoms with Crippen LogP contribution in [0.2, 0.25) is 0 Å². The molecule has 2 fully saturated rings. The van der Waals surface area contributed by atoms with E-state index in [1.807, 2.05) is 0 Å². The van der Waals surface area contributed by atoms with Gasteiger partial charge in [-0.2, -0.15) is 0 Å². The Morgan fingerprint density at radius 1 is 0.852 bits per heavy atom. The Labute approximate surface area is 154 Å². The number of hydrogen-bond acceptors (Lipinski definition) is 12. The first-order valence-corrected chi connectivity index (χ1v) is 8.18. The van der Waals surface area contributed by atoms with Gasteiger partial charge in [-0.1, -0.05) is 0 Å². The summed E-state index contributed by atoms with van der Waals surface area (Å²) in [4.78, 5) is 10.7. The summed E-state index contributed by atoms with van der Waals surface area (Å²) in [5, 5.41) is 75.5. The minimum Gasteiger partial charge on any atom is -0.394 e. The third-order valence-corrected chi connectivity index (χ3v) is 4.22. The monoisotopic (exact) mass is 400 g/mol. The lowest BCUT2D eigenvalue weighted by molar-refractivity contribution is -0.253. The van der Waals surface area contributed by atoms with Crippen molar-refractivity contribution in [3.8, 4) is 0 Å². The topological polar surface area (TPSA) is 235 Å². The SMILES string of the molecule is CC(=O)N[C@H]1C(O)O[C@H](CO)[C@@H](O)[C@@H]1O.N[C@H]1C(O)O[C@H](CO)[C@@H](O)[C@@H]1O. The van der Waals surface area contributed by atoms with Gasteiger partial charge < -0.3 is 61.4 Å². The van der Waals surface area contributed by atoms with Gasteiger partial charge in [0.05, 0.1) is 19.3 Å². The molecule has 2 aliphatic heterocycles. The first-order chi connectivity index (χ1) is 12.5. The fourth-order valence-electron chi connectivity index (χ4n) is 2.61. The van der Waals surface area contributed by atoms with Gasteiger partial charge in [-0.05, 0) is 0 Å². The Morgan fingerprint density at radius 3 is 1.74 bits per heavy atom. The molecule has 0 aromatic carbocycles. The Balaban J connectivity index is 0.000000277. The van der Waals surface area contributed by atoms with Gasteiger partial charge in [-0.15, -0.1) is 0 Å². The van der Waals surface area contributed by atoms with E-state index in [4.69, 9.17) is 30.5 Å². The third kappa shape index (κ3) is 6.00. The highest BCUT2D eigenvalue weighted by Gasteiger charge is 2.44. The van der Waals surface area contributed by atoms with Crippen LogP contribution in [0.4, 0.5) is 0 Å². The Bertz CT molecular complexity index is 466. The molecule has 0 aromatic heterocycles. The van der Waals surface area contributed by atoms with E-state index >= 15 is 0 Å². The quantitative estimate of drug-likeness (QED) is 0.213. The van der Waals surface area contributed by atoms with Crippen LogP contribution in [-0.2, 0) is 14.3 Å². The highest BCUT2D eigenvalue weighted by Crippen LogP contribution is 2.19. The predicted octanol–water partition coefficient (Wildman–Crippen LogP) is -6.33. The van der Waals surface area contributed by atoms with Crippen molar-refractivity contribution in [2.24, 2.45) is 5.73 Å². The number of aliphatic hydroxyl groups excluding tert-OH is 8. The smallest absolute Gasteiger partial charge is 0.217 e. The van der Waals surface area contributed by atoms with Crippen LogP contribution in [0.25, 0.3) is 0 Å². The normalized spacial score (nSPS) is 44.8. The number of hydrogen-bond donors (Lipinski definition) is 10. The highest BCUT2D eigenvalue weighted by atomic mass is 16.6. The largest absolute Gasteiger partial charge is 0.394 e. The van der Waals surface area contributed by atoms with Crippen molar-refractivity contribution in [3.05, 3.63) is 0 Å². The molecule has 160 valence electrons. The lowest BCUT2D eigenvalue weighted by Gasteiger charge is -2.40. The Kier molecular flexibility index (Phi) is 9.40. The van der Waals surface area contributed by atoms with Gasteiger partial charge in [0.15, 0.2) is 12.6 Å². The number of rotatable bonds is 3. The summed E-state index contributed by atoms with van der Waals surface area (Å²) in [5.74, 6) is -0.462. The van der Waals surface area contributed by atoms with Crippen molar-refractivity contribution in [2.75, 3.05) is 13.2 Å². The molecule has 2 saturated heterocycles. The van der Waals surface area contributed by atoms with Crippen LogP contribution in [0.1, 0.15) is 6.92 Å². The summed E-state index contributed by atoms with van der Waals surface area (Å²) in [6.07, 6.45) is -10.1. The van der Waals surface area contributed by atoms with E-state index in [-0.39, 0.29) is 0 Å². The molecule has 1 amide bonds. The highest BCUT2D eigenvalue weighted by molar-refractivity contribution is 5.73. The number of carbonyl (C=O) groups excluding carboxylic acids is 1. The molecule has 0 radical (unpaired) electrons. The zero-order valence-electron chi connectivity index (χ0n) is 14.6. The van der Waals surface area contributed by atoms with Crippen LogP contribution in [0.15, 0.2) is 0 Å². The van der Waals surface area contributed by atoms with E-state index in [0.29, 0.717) is 0 Å². The van der Waals surface area contributed by atoms with Crippen molar-refractivity contribution in [1.82, 2.24) is 5.32 Å². The van der Waals surface area contributed by atoms with E-state index in [1.165, 1.54) is 6.92 Å². The van der Waals surface area contributed by atoms with Gasteiger partial charge in [0.2, 0.25) is 5.91 Å².